The molecule has 1 aromatic heterocycles. The van der Waals surface area contributed by atoms with Crippen LogP contribution in [0.25, 0.3) is 22.4 Å². The summed E-state index contributed by atoms with van der Waals surface area (Å²) in [5, 5.41) is 9.54. The number of anilines is 1. The van der Waals surface area contributed by atoms with Gasteiger partial charge in [0, 0.05) is 17.2 Å². The first-order valence-electron chi connectivity index (χ1n) is 9.89. The summed E-state index contributed by atoms with van der Waals surface area (Å²) in [6, 6.07) is 23.7. The Bertz CT molecular complexity index is 1300. The van der Waals surface area contributed by atoms with Crippen LogP contribution in [0.1, 0.15) is 10.4 Å². The second kappa shape index (κ2) is 9.18. The second-order valence-electron chi connectivity index (χ2n) is 6.90. The molecule has 0 unspecified atom stereocenters. The van der Waals surface area contributed by atoms with E-state index >= 15 is 0 Å². The number of carbonyl (C=O) groups excluding carboxylic acids is 1. The van der Waals surface area contributed by atoms with Gasteiger partial charge in [-0.3, -0.25) is 9.59 Å². The molecular formula is C25H21N3O4. The Balaban J connectivity index is 1.89. The number of carbonyl (C=O) groups is 1. The highest BCUT2D eigenvalue weighted by Gasteiger charge is 2.24. The zero-order valence-corrected chi connectivity index (χ0v) is 17.6. The van der Waals surface area contributed by atoms with Crippen molar-refractivity contribution in [1.29, 1.82) is 0 Å². The molecule has 7 heteroatoms. The number of benzene rings is 3. The molecule has 4 rings (SSSR count). The van der Waals surface area contributed by atoms with Gasteiger partial charge in [-0.1, -0.05) is 60.7 Å². The van der Waals surface area contributed by atoms with Crippen LogP contribution >= 0.6 is 0 Å². The van der Waals surface area contributed by atoms with Gasteiger partial charge in [-0.15, -0.1) is 0 Å². The van der Waals surface area contributed by atoms with Gasteiger partial charge in [0.15, 0.2) is 0 Å². The summed E-state index contributed by atoms with van der Waals surface area (Å²) in [5.74, 6) is 0.392. The van der Waals surface area contributed by atoms with Crippen molar-refractivity contribution in [3.63, 3.8) is 0 Å². The monoisotopic (exact) mass is 427 g/mol. The van der Waals surface area contributed by atoms with E-state index in [9.17, 15) is 9.59 Å². The lowest BCUT2D eigenvalue weighted by Gasteiger charge is -2.15. The molecule has 2 N–H and O–H groups in total. The SMILES string of the molecule is COc1ccc(OC)c(NC(=O)c2c(-c3ccccc3)c(-c3ccccc3)n[nH]c2=O)c1. The van der Waals surface area contributed by atoms with Crippen molar-refractivity contribution < 1.29 is 14.3 Å². The molecule has 0 bridgehead atoms. The average Bonchev–Trinajstić information content (AvgIpc) is 2.84. The van der Waals surface area contributed by atoms with Crippen molar-refractivity contribution in [2.45, 2.75) is 0 Å². The highest BCUT2D eigenvalue weighted by atomic mass is 16.5. The summed E-state index contributed by atoms with van der Waals surface area (Å²) in [4.78, 5) is 26.3. The number of aromatic nitrogens is 2. The van der Waals surface area contributed by atoms with Crippen LogP contribution in [0.3, 0.4) is 0 Å². The summed E-state index contributed by atoms with van der Waals surface area (Å²) < 4.78 is 10.6. The minimum atomic E-state index is -0.595. The second-order valence-corrected chi connectivity index (χ2v) is 6.90. The molecule has 32 heavy (non-hydrogen) atoms. The lowest BCUT2D eigenvalue weighted by Crippen LogP contribution is -2.26. The third-order valence-electron chi connectivity index (χ3n) is 4.97. The van der Waals surface area contributed by atoms with Crippen LogP contribution < -0.4 is 20.3 Å². The topological polar surface area (TPSA) is 93.3 Å². The molecule has 160 valence electrons. The van der Waals surface area contributed by atoms with Gasteiger partial charge in [0.05, 0.1) is 25.6 Å². The van der Waals surface area contributed by atoms with E-state index in [1.54, 1.807) is 18.2 Å². The lowest BCUT2D eigenvalue weighted by atomic mass is 9.95. The number of nitrogens with zero attached hydrogens (tertiary/aromatic N) is 1. The fourth-order valence-corrected chi connectivity index (χ4v) is 3.45. The maximum atomic E-state index is 13.4. The smallest absolute Gasteiger partial charge is 0.277 e. The first-order valence-corrected chi connectivity index (χ1v) is 9.89. The zero-order valence-electron chi connectivity index (χ0n) is 17.6. The Morgan fingerprint density at radius 2 is 1.53 bits per heavy atom. The molecule has 0 aliphatic heterocycles. The Kier molecular flexibility index (Phi) is 5.98. The summed E-state index contributed by atoms with van der Waals surface area (Å²) in [6.07, 6.45) is 0. The zero-order chi connectivity index (χ0) is 22.5. The van der Waals surface area contributed by atoms with Crippen LogP contribution in [0.5, 0.6) is 11.5 Å². The molecule has 7 nitrogen and oxygen atoms in total. The third-order valence-corrected chi connectivity index (χ3v) is 4.97. The minimum Gasteiger partial charge on any atom is -0.497 e. The molecule has 1 amide bonds. The van der Waals surface area contributed by atoms with Crippen LogP contribution in [-0.2, 0) is 0 Å². The first-order chi connectivity index (χ1) is 15.6. The molecular weight excluding hydrogens is 406 g/mol. The number of ether oxygens (including phenoxy) is 2. The van der Waals surface area contributed by atoms with Gasteiger partial charge < -0.3 is 14.8 Å². The lowest BCUT2D eigenvalue weighted by molar-refractivity contribution is 0.102. The Morgan fingerprint density at radius 1 is 0.875 bits per heavy atom. The highest BCUT2D eigenvalue weighted by Crippen LogP contribution is 2.33. The van der Waals surface area contributed by atoms with Gasteiger partial charge in [0.2, 0.25) is 0 Å². The summed E-state index contributed by atoms with van der Waals surface area (Å²) >= 11 is 0. The summed E-state index contributed by atoms with van der Waals surface area (Å²) in [6.45, 7) is 0. The van der Waals surface area contributed by atoms with E-state index in [-0.39, 0.29) is 5.56 Å². The van der Waals surface area contributed by atoms with Crippen molar-refractivity contribution in [3.8, 4) is 33.9 Å². The number of hydrogen-bond acceptors (Lipinski definition) is 5. The van der Waals surface area contributed by atoms with Gasteiger partial charge in [0.1, 0.15) is 17.1 Å². The van der Waals surface area contributed by atoms with Crippen LogP contribution in [0.4, 0.5) is 5.69 Å². The van der Waals surface area contributed by atoms with Crippen molar-refractivity contribution in [2.24, 2.45) is 0 Å². The van der Waals surface area contributed by atoms with Crippen molar-refractivity contribution in [1.82, 2.24) is 10.2 Å². The maximum absolute atomic E-state index is 13.4. The van der Waals surface area contributed by atoms with Crippen molar-refractivity contribution >= 4 is 11.6 Å². The molecule has 0 spiro atoms. The summed E-state index contributed by atoms with van der Waals surface area (Å²) in [5.41, 5.74) is 2.16. The van der Waals surface area contributed by atoms with Crippen molar-refractivity contribution in [2.75, 3.05) is 19.5 Å². The third kappa shape index (κ3) is 4.09. The summed E-state index contributed by atoms with van der Waals surface area (Å²) in [7, 11) is 3.03. The van der Waals surface area contributed by atoms with Gasteiger partial charge in [-0.2, -0.15) is 5.10 Å². The van der Waals surface area contributed by atoms with Crippen LogP contribution in [-0.4, -0.2) is 30.3 Å². The van der Waals surface area contributed by atoms with Crippen LogP contribution in [0.2, 0.25) is 0 Å². The van der Waals surface area contributed by atoms with E-state index in [1.807, 2.05) is 60.7 Å². The Hall–Kier alpha value is -4.39. The predicted molar refractivity (Wildman–Crippen MR) is 123 cm³/mol. The number of methoxy groups -OCH3 is 2. The molecule has 3 aromatic carbocycles. The van der Waals surface area contributed by atoms with E-state index in [2.05, 4.69) is 15.5 Å². The molecule has 0 radical (unpaired) electrons. The van der Waals surface area contributed by atoms with Gasteiger partial charge in [-0.25, -0.2) is 5.10 Å². The number of rotatable bonds is 6. The number of hydrogen-bond donors (Lipinski definition) is 2. The van der Waals surface area contributed by atoms with E-state index in [0.717, 1.165) is 5.56 Å². The molecule has 0 saturated heterocycles. The number of aromatic amines is 1. The largest absolute Gasteiger partial charge is 0.497 e. The van der Waals surface area contributed by atoms with E-state index in [4.69, 9.17) is 9.47 Å². The molecule has 1 heterocycles. The van der Waals surface area contributed by atoms with Crippen molar-refractivity contribution in [3.05, 3.63) is 94.8 Å². The Labute approximate surface area is 184 Å². The quantitative estimate of drug-likeness (QED) is 0.477. The van der Waals surface area contributed by atoms with E-state index in [0.29, 0.717) is 34.0 Å². The molecule has 0 atom stereocenters. The van der Waals surface area contributed by atoms with Gasteiger partial charge in [-0.05, 0) is 17.7 Å². The Morgan fingerprint density at radius 3 is 2.16 bits per heavy atom. The van der Waals surface area contributed by atoms with Gasteiger partial charge >= 0.3 is 0 Å². The van der Waals surface area contributed by atoms with E-state index < -0.39 is 11.5 Å². The number of H-pyrrole nitrogens is 1. The normalized spacial score (nSPS) is 10.4. The fraction of sp³-hybridized carbons (Fsp3) is 0.0800. The van der Waals surface area contributed by atoms with E-state index in [1.165, 1.54) is 14.2 Å². The molecule has 0 saturated carbocycles. The molecule has 4 aromatic rings. The standard InChI is InChI=1S/C25H21N3O4/c1-31-18-13-14-20(32-2)19(15-18)26-24(29)22-21(16-9-5-3-6-10-16)23(27-28-25(22)30)17-11-7-4-8-12-17/h3-15H,1-2H3,(H,26,29)(H,28,30). The molecule has 0 aliphatic carbocycles. The molecule has 0 fully saturated rings. The predicted octanol–water partition coefficient (Wildman–Crippen LogP) is 4.37. The highest BCUT2D eigenvalue weighted by molar-refractivity contribution is 6.10. The first kappa shape index (κ1) is 20.9. The number of amides is 1. The average molecular weight is 427 g/mol. The minimum absolute atomic E-state index is 0.0464. The molecule has 0 aliphatic rings. The van der Waals surface area contributed by atoms with Gasteiger partial charge in [0.25, 0.3) is 11.5 Å². The number of nitrogens with one attached hydrogen (secondary N) is 2. The van der Waals surface area contributed by atoms with Crippen LogP contribution in [0, 0.1) is 0 Å². The fourth-order valence-electron chi connectivity index (χ4n) is 3.45. The maximum Gasteiger partial charge on any atom is 0.277 e. The van der Waals surface area contributed by atoms with Crippen LogP contribution in [0.15, 0.2) is 83.7 Å².